The first-order valence-corrected chi connectivity index (χ1v) is 5.64. The molecule has 0 heterocycles. The molecule has 0 bridgehead atoms. The van der Waals surface area contributed by atoms with E-state index in [-0.39, 0.29) is 0 Å². The summed E-state index contributed by atoms with van der Waals surface area (Å²) in [6, 6.07) is 10.9. The lowest BCUT2D eigenvalue weighted by atomic mass is 10.1. The second-order valence-electron chi connectivity index (χ2n) is 4.18. The highest BCUT2D eigenvalue weighted by atomic mass is 14.6. The highest BCUT2D eigenvalue weighted by Gasteiger charge is 1.99. The highest BCUT2D eigenvalue weighted by Crippen LogP contribution is 2.21. The zero-order valence-corrected chi connectivity index (χ0v) is 10.8. The highest BCUT2D eigenvalue weighted by molar-refractivity contribution is 5.64. The van der Waals surface area contributed by atoms with Crippen LogP contribution >= 0.6 is 0 Å². The maximum Gasteiger partial charge on any atom is 0.0394 e. The number of anilines is 4. The van der Waals surface area contributed by atoms with Crippen LogP contribution in [0.4, 0.5) is 22.7 Å². The van der Waals surface area contributed by atoms with Gasteiger partial charge in [-0.15, -0.1) is 0 Å². The van der Waals surface area contributed by atoms with Gasteiger partial charge in [0.2, 0.25) is 0 Å². The van der Waals surface area contributed by atoms with Crippen LogP contribution in [0.3, 0.4) is 0 Å². The van der Waals surface area contributed by atoms with E-state index >= 15 is 0 Å². The molecule has 2 aromatic carbocycles. The van der Waals surface area contributed by atoms with Crippen LogP contribution < -0.4 is 22.9 Å². The van der Waals surface area contributed by atoms with Crippen LogP contribution in [0.5, 0.6) is 0 Å². The molecule has 0 saturated heterocycles. The fourth-order valence-corrected chi connectivity index (χ4v) is 1.38. The zero-order valence-electron chi connectivity index (χ0n) is 10.8. The summed E-state index contributed by atoms with van der Waals surface area (Å²) in [5, 5.41) is 0. The second-order valence-corrected chi connectivity index (χ2v) is 4.18. The van der Waals surface area contributed by atoms with Crippen molar-refractivity contribution in [2.24, 2.45) is 0 Å². The molecule has 2 aromatic rings. The topological polar surface area (TPSA) is 104 Å². The normalized spacial score (nSPS) is 9.44. The summed E-state index contributed by atoms with van der Waals surface area (Å²) >= 11 is 0. The summed E-state index contributed by atoms with van der Waals surface area (Å²) in [6.45, 7) is 3.90. The van der Waals surface area contributed by atoms with Gasteiger partial charge in [-0.3, -0.25) is 0 Å². The molecule has 8 N–H and O–H groups in total. The number of aryl methyl sites for hydroxylation is 1. The molecule has 4 nitrogen and oxygen atoms in total. The van der Waals surface area contributed by atoms with Crippen molar-refractivity contribution in [1.29, 1.82) is 0 Å². The van der Waals surface area contributed by atoms with Crippen molar-refractivity contribution in [1.82, 2.24) is 0 Å². The lowest BCUT2D eigenvalue weighted by molar-refractivity contribution is 1.39. The first-order chi connectivity index (χ1) is 8.41. The summed E-state index contributed by atoms with van der Waals surface area (Å²) in [6.07, 6.45) is 0. The largest absolute Gasteiger partial charge is 0.399 e. The summed E-state index contributed by atoms with van der Waals surface area (Å²) in [4.78, 5) is 0. The van der Waals surface area contributed by atoms with E-state index in [1.54, 1.807) is 24.3 Å². The van der Waals surface area contributed by atoms with Gasteiger partial charge in [-0.2, -0.15) is 0 Å². The van der Waals surface area contributed by atoms with E-state index in [2.05, 4.69) is 0 Å². The van der Waals surface area contributed by atoms with E-state index in [1.165, 1.54) is 0 Å². The number of benzene rings is 2. The number of nitrogen functional groups attached to an aromatic ring is 4. The molecule has 0 spiro atoms. The minimum absolute atomic E-state index is 0.749. The Morgan fingerprint density at radius 3 is 1.50 bits per heavy atom. The van der Waals surface area contributed by atoms with E-state index in [9.17, 15) is 0 Å². The molecule has 0 unspecified atom stereocenters. The molecule has 0 amide bonds. The standard InChI is InChI=1S/C8H12N2.C6H8N2/c1-5-3-4-7(9)6(2)8(5)10;7-5-1-2-6(8)4-3-5/h3-4H,9-10H2,1-2H3;1-4H,7-8H2. The fraction of sp³-hybridized carbons (Fsp3) is 0.143. The minimum atomic E-state index is 0.749. The van der Waals surface area contributed by atoms with Gasteiger partial charge in [0.15, 0.2) is 0 Å². The lowest BCUT2D eigenvalue weighted by Gasteiger charge is -2.05. The summed E-state index contributed by atoms with van der Waals surface area (Å²) < 4.78 is 0. The average Bonchev–Trinajstić information content (AvgIpc) is 2.36. The van der Waals surface area contributed by atoms with Gasteiger partial charge in [-0.1, -0.05) is 6.07 Å². The first-order valence-electron chi connectivity index (χ1n) is 5.64. The molecule has 96 valence electrons. The van der Waals surface area contributed by atoms with Crippen molar-refractivity contribution in [3.05, 3.63) is 47.5 Å². The molecule has 0 aliphatic rings. The van der Waals surface area contributed by atoms with Crippen LogP contribution in [0.2, 0.25) is 0 Å². The lowest BCUT2D eigenvalue weighted by Crippen LogP contribution is -1.97. The Morgan fingerprint density at radius 2 is 1.11 bits per heavy atom. The van der Waals surface area contributed by atoms with Crippen LogP contribution in [0.15, 0.2) is 36.4 Å². The molecule has 0 atom stereocenters. The Labute approximate surface area is 108 Å². The van der Waals surface area contributed by atoms with E-state index < -0.39 is 0 Å². The van der Waals surface area contributed by atoms with Gasteiger partial charge >= 0.3 is 0 Å². The van der Waals surface area contributed by atoms with Crippen molar-refractivity contribution < 1.29 is 0 Å². The molecule has 4 heteroatoms. The van der Waals surface area contributed by atoms with Gasteiger partial charge in [-0.05, 0) is 55.3 Å². The summed E-state index contributed by atoms with van der Waals surface area (Å²) in [5.74, 6) is 0. The van der Waals surface area contributed by atoms with Gasteiger partial charge in [0, 0.05) is 22.7 Å². The van der Waals surface area contributed by atoms with Crippen LogP contribution in [-0.4, -0.2) is 0 Å². The predicted molar refractivity (Wildman–Crippen MR) is 80.0 cm³/mol. The smallest absolute Gasteiger partial charge is 0.0394 e. The van der Waals surface area contributed by atoms with Crippen molar-refractivity contribution in [2.45, 2.75) is 13.8 Å². The van der Waals surface area contributed by atoms with Crippen LogP contribution in [0, 0.1) is 13.8 Å². The summed E-state index contributed by atoms with van der Waals surface area (Å²) in [7, 11) is 0. The van der Waals surface area contributed by atoms with Crippen LogP contribution in [0.25, 0.3) is 0 Å². The molecule has 0 fully saturated rings. The van der Waals surface area contributed by atoms with Gasteiger partial charge in [0.05, 0.1) is 0 Å². The van der Waals surface area contributed by atoms with Crippen molar-refractivity contribution in [3.63, 3.8) is 0 Å². The molecule has 2 rings (SSSR count). The maximum atomic E-state index is 5.70. The molecular formula is C14H20N4. The van der Waals surface area contributed by atoms with Crippen molar-refractivity contribution in [2.75, 3.05) is 22.9 Å². The SMILES string of the molecule is Cc1ccc(N)c(C)c1N.Nc1ccc(N)cc1. The van der Waals surface area contributed by atoms with E-state index in [0.29, 0.717) is 0 Å². The number of rotatable bonds is 0. The third-order valence-electron chi connectivity index (χ3n) is 2.71. The van der Waals surface area contributed by atoms with Crippen molar-refractivity contribution >= 4 is 22.7 Å². The van der Waals surface area contributed by atoms with Gasteiger partial charge in [0.1, 0.15) is 0 Å². The second kappa shape index (κ2) is 5.82. The Morgan fingerprint density at radius 1 is 0.667 bits per heavy atom. The van der Waals surface area contributed by atoms with Gasteiger partial charge < -0.3 is 22.9 Å². The predicted octanol–water partition coefficient (Wildman–Crippen LogP) is 2.32. The Bertz CT molecular complexity index is 470. The average molecular weight is 244 g/mol. The molecule has 0 aliphatic carbocycles. The Kier molecular flexibility index (Phi) is 4.43. The number of hydrogen-bond donors (Lipinski definition) is 4. The van der Waals surface area contributed by atoms with Crippen LogP contribution in [-0.2, 0) is 0 Å². The molecule has 0 aromatic heterocycles. The Hall–Kier alpha value is -2.36. The summed E-state index contributed by atoms with van der Waals surface area (Å²) in [5.41, 5.74) is 27.2. The molecular weight excluding hydrogens is 224 g/mol. The molecule has 18 heavy (non-hydrogen) atoms. The quantitative estimate of drug-likeness (QED) is 0.534. The van der Waals surface area contributed by atoms with Crippen LogP contribution in [0.1, 0.15) is 11.1 Å². The van der Waals surface area contributed by atoms with E-state index in [4.69, 9.17) is 22.9 Å². The minimum Gasteiger partial charge on any atom is -0.399 e. The van der Waals surface area contributed by atoms with Gasteiger partial charge in [0.25, 0.3) is 0 Å². The first kappa shape index (κ1) is 13.7. The molecule has 0 radical (unpaired) electrons. The van der Waals surface area contributed by atoms with E-state index in [1.807, 2.05) is 26.0 Å². The monoisotopic (exact) mass is 244 g/mol. The van der Waals surface area contributed by atoms with E-state index in [0.717, 1.165) is 33.9 Å². The zero-order chi connectivity index (χ0) is 13.7. The molecule has 0 saturated carbocycles. The third kappa shape index (κ3) is 3.59. The number of nitrogens with two attached hydrogens (primary N) is 4. The number of hydrogen-bond acceptors (Lipinski definition) is 4. The fourth-order valence-electron chi connectivity index (χ4n) is 1.38. The van der Waals surface area contributed by atoms with Crippen molar-refractivity contribution in [3.8, 4) is 0 Å². The van der Waals surface area contributed by atoms with Gasteiger partial charge in [-0.25, -0.2) is 0 Å². The maximum absolute atomic E-state index is 5.70. The Balaban J connectivity index is 0.000000184. The third-order valence-corrected chi connectivity index (χ3v) is 2.71. The molecule has 0 aliphatic heterocycles.